The average molecular weight is 306 g/mol. The zero-order valence-corrected chi connectivity index (χ0v) is 13.2. The summed E-state index contributed by atoms with van der Waals surface area (Å²) in [7, 11) is -3.74. The number of benzene rings is 2. The van der Waals surface area contributed by atoms with Crippen LogP contribution in [-0.2, 0) is 9.84 Å². The van der Waals surface area contributed by atoms with Crippen molar-refractivity contribution in [2.75, 3.05) is 0 Å². The number of phenols is 2. The lowest BCUT2D eigenvalue weighted by molar-refractivity contribution is 0.463. The first kappa shape index (κ1) is 15.4. The smallest absolute Gasteiger partial charge is 0.207 e. The third kappa shape index (κ3) is 2.49. The molecular formula is C16H18O4S. The number of aryl methyl sites for hydroxylation is 3. The van der Waals surface area contributed by atoms with Crippen molar-refractivity contribution in [3.63, 3.8) is 0 Å². The molecule has 0 radical (unpaired) electrons. The molecule has 2 rings (SSSR count). The Bertz CT molecular complexity index is 797. The van der Waals surface area contributed by atoms with Crippen LogP contribution in [0.5, 0.6) is 11.5 Å². The fourth-order valence-corrected chi connectivity index (χ4v) is 3.97. The Kier molecular flexibility index (Phi) is 3.72. The molecule has 4 nitrogen and oxygen atoms in total. The number of phenolic OH excluding ortho intramolecular Hbond substituents is 2. The Morgan fingerprint density at radius 3 is 1.86 bits per heavy atom. The predicted molar refractivity (Wildman–Crippen MR) is 80.6 cm³/mol. The minimum atomic E-state index is -3.74. The number of hydrogen-bond acceptors (Lipinski definition) is 4. The summed E-state index contributed by atoms with van der Waals surface area (Å²) >= 11 is 0. The van der Waals surface area contributed by atoms with Crippen molar-refractivity contribution in [3.05, 3.63) is 46.5 Å². The molecule has 0 aliphatic carbocycles. The Balaban J connectivity index is 2.72. The lowest BCUT2D eigenvalue weighted by Crippen LogP contribution is -2.05. The Morgan fingerprint density at radius 2 is 1.33 bits per heavy atom. The molecule has 0 atom stereocenters. The molecule has 0 aromatic heterocycles. The van der Waals surface area contributed by atoms with Gasteiger partial charge in [0.15, 0.2) is 0 Å². The molecule has 2 aromatic rings. The van der Waals surface area contributed by atoms with Gasteiger partial charge >= 0.3 is 0 Å². The molecule has 0 aliphatic rings. The average Bonchev–Trinajstić information content (AvgIpc) is 2.41. The minimum absolute atomic E-state index is 0.0108. The summed E-state index contributed by atoms with van der Waals surface area (Å²) in [4.78, 5) is 0.191. The normalized spacial score (nSPS) is 11.6. The molecule has 2 N–H and O–H groups in total. The molecule has 0 fully saturated rings. The molecule has 21 heavy (non-hydrogen) atoms. The topological polar surface area (TPSA) is 74.6 Å². The van der Waals surface area contributed by atoms with E-state index < -0.39 is 9.84 Å². The van der Waals surface area contributed by atoms with Crippen LogP contribution in [0.4, 0.5) is 0 Å². The SMILES string of the molecule is Cc1cc(S(=O)(=O)c2ccc(C)c(O)c2C)cc(C)c1O. The molecule has 5 heteroatoms. The summed E-state index contributed by atoms with van der Waals surface area (Å²) in [5.41, 5.74) is 1.97. The Morgan fingerprint density at radius 1 is 0.810 bits per heavy atom. The zero-order valence-electron chi connectivity index (χ0n) is 12.4. The first-order valence-corrected chi connectivity index (χ1v) is 7.99. The maximum atomic E-state index is 12.7. The van der Waals surface area contributed by atoms with Gasteiger partial charge in [-0.1, -0.05) is 6.07 Å². The van der Waals surface area contributed by atoms with Crippen LogP contribution in [0.15, 0.2) is 34.1 Å². The van der Waals surface area contributed by atoms with Gasteiger partial charge in [0.1, 0.15) is 11.5 Å². The lowest BCUT2D eigenvalue weighted by Gasteiger charge is -2.13. The van der Waals surface area contributed by atoms with Crippen molar-refractivity contribution in [1.29, 1.82) is 0 Å². The number of hydrogen-bond donors (Lipinski definition) is 2. The fraction of sp³-hybridized carbons (Fsp3) is 0.250. The van der Waals surface area contributed by atoms with E-state index in [-0.39, 0.29) is 21.3 Å². The second-order valence-electron chi connectivity index (χ2n) is 5.26. The first-order chi connectivity index (χ1) is 9.66. The molecule has 0 saturated carbocycles. The molecule has 0 spiro atoms. The third-order valence-corrected chi connectivity index (χ3v) is 5.53. The van der Waals surface area contributed by atoms with Gasteiger partial charge in [-0.05, 0) is 62.6 Å². The van der Waals surface area contributed by atoms with E-state index in [2.05, 4.69) is 0 Å². The van der Waals surface area contributed by atoms with E-state index >= 15 is 0 Å². The minimum Gasteiger partial charge on any atom is -0.507 e. The van der Waals surface area contributed by atoms with Gasteiger partial charge in [-0.15, -0.1) is 0 Å². The molecule has 0 bridgehead atoms. The van der Waals surface area contributed by atoms with Crippen LogP contribution in [0.1, 0.15) is 22.3 Å². The van der Waals surface area contributed by atoms with Crippen LogP contribution in [0.25, 0.3) is 0 Å². The monoisotopic (exact) mass is 306 g/mol. The van der Waals surface area contributed by atoms with E-state index in [1.807, 2.05) is 0 Å². The molecule has 0 unspecified atom stereocenters. The molecule has 0 heterocycles. The standard InChI is InChI=1S/C16H18O4S/c1-9-5-6-14(12(4)16(9)18)21(19,20)13-7-10(2)15(17)11(3)8-13/h5-8,17-18H,1-4H3. The van der Waals surface area contributed by atoms with E-state index in [1.165, 1.54) is 18.2 Å². The summed E-state index contributed by atoms with van der Waals surface area (Å²) in [5.74, 6) is 0.0840. The van der Waals surface area contributed by atoms with Crippen molar-refractivity contribution in [3.8, 4) is 11.5 Å². The van der Waals surface area contributed by atoms with Crippen molar-refractivity contribution >= 4 is 9.84 Å². The van der Waals surface area contributed by atoms with Gasteiger partial charge in [0.25, 0.3) is 0 Å². The van der Waals surface area contributed by atoms with E-state index in [4.69, 9.17) is 0 Å². The zero-order chi connectivity index (χ0) is 15.9. The Hall–Kier alpha value is -2.01. The van der Waals surface area contributed by atoms with Crippen LogP contribution in [-0.4, -0.2) is 18.6 Å². The van der Waals surface area contributed by atoms with Gasteiger partial charge in [0.2, 0.25) is 9.84 Å². The molecule has 2 aromatic carbocycles. The summed E-state index contributed by atoms with van der Waals surface area (Å²) in [5, 5.41) is 19.7. The first-order valence-electron chi connectivity index (χ1n) is 6.50. The van der Waals surface area contributed by atoms with Crippen molar-refractivity contribution in [1.82, 2.24) is 0 Å². The van der Waals surface area contributed by atoms with Crippen molar-refractivity contribution in [2.45, 2.75) is 37.5 Å². The summed E-state index contributed by atoms with van der Waals surface area (Å²) in [6, 6.07) is 5.95. The van der Waals surface area contributed by atoms with Crippen LogP contribution in [0.3, 0.4) is 0 Å². The highest BCUT2D eigenvalue weighted by atomic mass is 32.2. The molecule has 0 amide bonds. The second kappa shape index (κ2) is 5.07. The van der Waals surface area contributed by atoms with Crippen LogP contribution >= 0.6 is 0 Å². The number of aromatic hydroxyl groups is 2. The van der Waals surface area contributed by atoms with Gasteiger partial charge in [-0.2, -0.15) is 0 Å². The lowest BCUT2D eigenvalue weighted by atomic mass is 10.1. The van der Waals surface area contributed by atoms with E-state index in [9.17, 15) is 18.6 Å². The maximum Gasteiger partial charge on any atom is 0.207 e. The number of sulfone groups is 1. The van der Waals surface area contributed by atoms with E-state index in [1.54, 1.807) is 33.8 Å². The largest absolute Gasteiger partial charge is 0.507 e. The van der Waals surface area contributed by atoms with Crippen molar-refractivity contribution < 1.29 is 18.6 Å². The van der Waals surface area contributed by atoms with Gasteiger partial charge in [0.05, 0.1) is 9.79 Å². The highest BCUT2D eigenvalue weighted by Crippen LogP contribution is 2.33. The van der Waals surface area contributed by atoms with Gasteiger partial charge < -0.3 is 10.2 Å². The predicted octanol–water partition coefficient (Wildman–Crippen LogP) is 3.16. The Labute approximate surface area is 124 Å². The quantitative estimate of drug-likeness (QED) is 0.893. The van der Waals surface area contributed by atoms with Crippen molar-refractivity contribution in [2.24, 2.45) is 0 Å². The van der Waals surface area contributed by atoms with Crippen LogP contribution in [0.2, 0.25) is 0 Å². The van der Waals surface area contributed by atoms with Gasteiger partial charge in [-0.3, -0.25) is 0 Å². The molecular weight excluding hydrogens is 288 g/mol. The van der Waals surface area contributed by atoms with E-state index in [0.717, 1.165) is 0 Å². The van der Waals surface area contributed by atoms with E-state index in [0.29, 0.717) is 22.3 Å². The highest BCUT2D eigenvalue weighted by molar-refractivity contribution is 7.91. The summed E-state index contributed by atoms with van der Waals surface area (Å²) in [6.07, 6.45) is 0. The summed E-state index contributed by atoms with van der Waals surface area (Å²) in [6.45, 7) is 6.60. The number of rotatable bonds is 2. The maximum absolute atomic E-state index is 12.7. The van der Waals surface area contributed by atoms with Gasteiger partial charge in [-0.25, -0.2) is 8.42 Å². The van der Waals surface area contributed by atoms with Crippen LogP contribution in [0, 0.1) is 27.7 Å². The van der Waals surface area contributed by atoms with Gasteiger partial charge in [0, 0.05) is 5.56 Å². The second-order valence-corrected chi connectivity index (χ2v) is 7.18. The van der Waals surface area contributed by atoms with Crippen LogP contribution < -0.4 is 0 Å². The fourth-order valence-electron chi connectivity index (χ4n) is 2.31. The molecule has 0 aliphatic heterocycles. The third-order valence-electron chi connectivity index (χ3n) is 3.65. The molecule has 0 saturated heterocycles. The highest BCUT2D eigenvalue weighted by Gasteiger charge is 2.23. The molecule has 112 valence electrons. The summed E-state index contributed by atoms with van der Waals surface area (Å²) < 4.78 is 25.5.